The normalized spacial score (nSPS) is 26.5. The quantitative estimate of drug-likeness (QED) is 0.460. The van der Waals surface area contributed by atoms with E-state index in [9.17, 15) is 14.4 Å². The van der Waals surface area contributed by atoms with E-state index in [1.165, 1.54) is 19.1 Å². The Morgan fingerprint density at radius 2 is 1.48 bits per heavy atom. The average molecular weight is 439 g/mol. The Morgan fingerprint density at radius 1 is 0.848 bits per heavy atom. The van der Waals surface area contributed by atoms with Crippen LogP contribution >= 0.6 is 0 Å². The molecule has 1 saturated heterocycles. The number of methoxy groups -OCH3 is 2. The molecular weight excluding hydrogens is 418 g/mol. The fraction of sp³-hybridized carbons (Fsp3) is 0.222. The Bertz CT molecular complexity index is 1300. The fourth-order valence-electron chi connectivity index (χ4n) is 6.24. The minimum Gasteiger partial charge on any atom is -0.497 e. The van der Waals surface area contributed by atoms with Crippen LogP contribution in [0.1, 0.15) is 28.2 Å². The van der Waals surface area contributed by atoms with Crippen LogP contribution in [0.15, 0.2) is 66.7 Å². The van der Waals surface area contributed by atoms with Crippen LogP contribution in [0.2, 0.25) is 0 Å². The van der Waals surface area contributed by atoms with Gasteiger partial charge < -0.3 is 14.3 Å². The number of carbonyl (C=O) groups excluding carboxylic acids is 3. The minimum atomic E-state index is -1.21. The predicted molar refractivity (Wildman–Crippen MR) is 121 cm³/mol. The van der Waals surface area contributed by atoms with Crippen molar-refractivity contribution in [1.29, 1.82) is 0 Å². The molecule has 0 aromatic heterocycles. The average Bonchev–Trinajstić information content (AvgIpc) is 3.14. The molecule has 0 spiro atoms. The van der Waals surface area contributed by atoms with Crippen molar-refractivity contribution in [2.24, 2.45) is 11.8 Å². The van der Waals surface area contributed by atoms with Crippen molar-refractivity contribution >= 4 is 23.8 Å². The summed E-state index contributed by atoms with van der Waals surface area (Å²) in [5, 5.41) is 0. The van der Waals surface area contributed by atoms with Gasteiger partial charge in [0.2, 0.25) is 11.8 Å². The topological polar surface area (TPSA) is 72.9 Å². The fourth-order valence-corrected chi connectivity index (χ4v) is 6.24. The molecular formula is C27H21NO5. The molecule has 6 nitrogen and oxygen atoms in total. The summed E-state index contributed by atoms with van der Waals surface area (Å²) in [4.78, 5) is 42.1. The molecule has 3 aromatic carbocycles. The van der Waals surface area contributed by atoms with Gasteiger partial charge in [-0.15, -0.1) is 0 Å². The Balaban J connectivity index is 1.61. The molecule has 0 N–H and O–H groups in total. The molecule has 1 fully saturated rings. The SMILES string of the molecule is COc1ccc(N2C(=O)C3C4c5ccccc5C(C=O)(c5ccccc54)C3C2=O)c(OC)c1. The van der Waals surface area contributed by atoms with E-state index in [0.717, 1.165) is 28.5 Å². The zero-order valence-electron chi connectivity index (χ0n) is 18.1. The van der Waals surface area contributed by atoms with Crippen LogP contribution in [-0.4, -0.2) is 32.3 Å². The van der Waals surface area contributed by atoms with Gasteiger partial charge in [-0.1, -0.05) is 48.5 Å². The largest absolute Gasteiger partial charge is 0.497 e. The lowest BCUT2D eigenvalue weighted by Crippen LogP contribution is -2.54. The summed E-state index contributed by atoms with van der Waals surface area (Å²) in [5.74, 6) is -1.56. The van der Waals surface area contributed by atoms with Gasteiger partial charge in [0.15, 0.2) is 0 Å². The molecule has 3 aromatic rings. The summed E-state index contributed by atoms with van der Waals surface area (Å²) < 4.78 is 10.8. The first kappa shape index (κ1) is 19.7. The van der Waals surface area contributed by atoms with Gasteiger partial charge in [-0.2, -0.15) is 0 Å². The number of anilines is 1. The summed E-state index contributed by atoms with van der Waals surface area (Å²) in [6.45, 7) is 0. The minimum absolute atomic E-state index is 0.296. The standard InChI is InChI=1S/C27H21NO5/c1-32-15-11-12-20(21(13-15)33-2)28-25(30)23-22-16-7-3-5-9-18(16)27(14-29,24(23)26(28)31)19-10-6-4-8-17(19)22/h3-14,22-24H,1-2H3. The van der Waals surface area contributed by atoms with Crippen LogP contribution in [-0.2, 0) is 19.8 Å². The number of hydrogen-bond donors (Lipinski definition) is 0. The van der Waals surface area contributed by atoms with Crippen molar-refractivity contribution in [3.8, 4) is 11.5 Å². The second-order valence-electron chi connectivity index (χ2n) is 8.69. The third-order valence-electron chi connectivity index (χ3n) is 7.50. The van der Waals surface area contributed by atoms with Crippen LogP contribution in [0.3, 0.4) is 0 Å². The van der Waals surface area contributed by atoms with E-state index >= 15 is 0 Å². The van der Waals surface area contributed by atoms with E-state index in [-0.39, 0.29) is 17.7 Å². The first-order valence-corrected chi connectivity index (χ1v) is 10.8. The summed E-state index contributed by atoms with van der Waals surface area (Å²) in [5.41, 5.74) is 2.65. The molecule has 2 amide bonds. The number of imide groups is 1. The third-order valence-corrected chi connectivity index (χ3v) is 7.50. The van der Waals surface area contributed by atoms with Crippen molar-refractivity contribution < 1.29 is 23.9 Å². The molecule has 4 aliphatic rings. The molecule has 2 bridgehead atoms. The van der Waals surface area contributed by atoms with E-state index < -0.39 is 17.3 Å². The van der Waals surface area contributed by atoms with Crippen LogP contribution in [0.4, 0.5) is 5.69 Å². The molecule has 0 radical (unpaired) electrons. The number of hydrogen-bond acceptors (Lipinski definition) is 5. The molecule has 1 heterocycles. The van der Waals surface area contributed by atoms with Crippen molar-refractivity contribution in [3.05, 3.63) is 89.0 Å². The van der Waals surface area contributed by atoms with E-state index in [2.05, 4.69) is 0 Å². The van der Waals surface area contributed by atoms with Gasteiger partial charge in [-0.25, -0.2) is 4.90 Å². The number of ether oxygens (including phenoxy) is 2. The molecule has 3 aliphatic carbocycles. The van der Waals surface area contributed by atoms with Gasteiger partial charge in [0.1, 0.15) is 17.8 Å². The lowest BCUT2D eigenvalue weighted by molar-refractivity contribution is -0.128. The lowest BCUT2D eigenvalue weighted by atomic mass is 9.48. The molecule has 2 atom stereocenters. The number of aldehydes is 1. The summed E-state index contributed by atoms with van der Waals surface area (Å²) >= 11 is 0. The van der Waals surface area contributed by atoms with Gasteiger partial charge in [0, 0.05) is 12.0 Å². The number of carbonyl (C=O) groups is 3. The van der Waals surface area contributed by atoms with E-state index in [1.807, 2.05) is 48.5 Å². The number of amides is 2. The summed E-state index contributed by atoms with van der Waals surface area (Å²) in [6, 6.07) is 20.4. The number of nitrogens with zero attached hydrogens (tertiary/aromatic N) is 1. The summed E-state index contributed by atoms with van der Waals surface area (Å²) in [7, 11) is 3.02. The zero-order chi connectivity index (χ0) is 22.9. The Kier molecular flexibility index (Phi) is 4.06. The van der Waals surface area contributed by atoms with Crippen LogP contribution < -0.4 is 14.4 Å². The highest BCUT2D eigenvalue weighted by atomic mass is 16.5. The third kappa shape index (κ3) is 2.25. The maximum Gasteiger partial charge on any atom is 0.239 e. The van der Waals surface area contributed by atoms with Gasteiger partial charge >= 0.3 is 0 Å². The first-order chi connectivity index (χ1) is 16.1. The zero-order valence-corrected chi connectivity index (χ0v) is 18.1. The molecule has 0 saturated carbocycles. The van der Waals surface area contributed by atoms with Gasteiger partial charge in [0.05, 0.1) is 37.2 Å². The molecule has 6 heteroatoms. The van der Waals surface area contributed by atoms with Crippen LogP contribution in [0.5, 0.6) is 11.5 Å². The summed E-state index contributed by atoms with van der Waals surface area (Å²) in [6.07, 6.45) is 0.873. The van der Waals surface area contributed by atoms with Crippen LogP contribution in [0.25, 0.3) is 0 Å². The number of benzene rings is 3. The maximum atomic E-state index is 14.0. The highest BCUT2D eigenvalue weighted by molar-refractivity contribution is 6.25. The maximum absolute atomic E-state index is 14.0. The van der Waals surface area contributed by atoms with Crippen molar-refractivity contribution in [1.82, 2.24) is 0 Å². The molecule has 33 heavy (non-hydrogen) atoms. The second kappa shape index (κ2) is 6.78. The Hall–Kier alpha value is -3.93. The Morgan fingerprint density at radius 3 is 2.06 bits per heavy atom. The van der Waals surface area contributed by atoms with Gasteiger partial charge in [0.25, 0.3) is 0 Å². The Labute approximate surface area is 190 Å². The monoisotopic (exact) mass is 439 g/mol. The number of rotatable bonds is 4. The van der Waals surface area contributed by atoms with Gasteiger partial charge in [-0.3, -0.25) is 9.59 Å². The molecule has 164 valence electrons. The van der Waals surface area contributed by atoms with E-state index in [1.54, 1.807) is 18.2 Å². The smallest absolute Gasteiger partial charge is 0.239 e. The van der Waals surface area contributed by atoms with Crippen molar-refractivity contribution in [3.63, 3.8) is 0 Å². The molecule has 2 unspecified atom stereocenters. The highest BCUT2D eigenvalue weighted by Crippen LogP contribution is 2.63. The highest BCUT2D eigenvalue weighted by Gasteiger charge is 2.68. The lowest BCUT2D eigenvalue weighted by Gasteiger charge is -2.51. The van der Waals surface area contributed by atoms with Gasteiger partial charge in [-0.05, 0) is 34.4 Å². The van der Waals surface area contributed by atoms with E-state index in [0.29, 0.717) is 17.2 Å². The van der Waals surface area contributed by atoms with Crippen LogP contribution in [0, 0.1) is 11.8 Å². The molecule has 1 aliphatic heterocycles. The second-order valence-corrected chi connectivity index (χ2v) is 8.69. The van der Waals surface area contributed by atoms with Crippen molar-refractivity contribution in [2.45, 2.75) is 11.3 Å². The molecule has 7 rings (SSSR count). The predicted octanol–water partition coefficient (Wildman–Crippen LogP) is 3.45. The first-order valence-electron chi connectivity index (χ1n) is 10.8. The van der Waals surface area contributed by atoms with Crippen molar-refractivity contribution in [2.75, 3.05) is 19.1 Å². The van der Waals surface area contributed by atoms with E-state index in [4.69, 9.17) is 9.47 Å².